The molecule has 1 N–H and O–H groups in total. The molecular formula is C22H29N3O6. The Morgan fingerprint density at radius 3 is 2.42 bits per heavy atom. The van der Waals surface area contributed by atoms with Crippen LogP contribution < -0.4 is 5.32 Å². The summed E-state index contributed by atoms with van der Waals surface area (Å²) in [5, 5.41) is 3.27. The topological polar surface area (TPSA) is 105 Å². The molecule has 3 rings (SSSR count). The molecule has 4 atom stereocenters. The van der Waals surface area contributed by atoms with Gasteiger partial charge in [0.05, 0.1) is 18.9 Å². The van der Waals surface area contributed by atoms with Gasteiger partial charge in [-0.25, -0.2) is 0 Å². The lowest BCUT2D eigenvalue weighted by atomic mass is 9.76. The van der Waals surface area contributed by atoms with Crippen LogP contribution in [-0.4, -0.2) is 86.0 Å². The number of esters is 1. The van der Waals surface area contributed by atoms with Crippen LogP contribution in [-0.2, 0) is 35.1 Å². The van der Waals surface area contributed by atoms with Gasteiger partial charge in [-0.15, -0.1) is 0 Å². The molecule has 2 heterocycles. The SMILES string of the molecule is CCN(C[C@H]1N[C@@](Cc2ccccc2)(C(=O)OC)[C@H]2C(=O)N(C)C(=O)[C@@H]12)C(=O)COC. The second-order valence-electron chi connectivity index (χ2n) is 7.98. The van der Waals surface area contributed by atoms with E-state index in [2.05, 4.69) is 5.32 Å². The smallest absolute Gasteiger partial charge is 0.327 e. The lowest BCUT2D eigenvalue weighted by Gasteiger charge is -2.33. The molecule has 3 amide bonds. The van der Waals surface area contributed by atoms with Crippen LogP contribution in [0.25, 0.3) is 0 Å². The van der Waals surface area contributed by atoms with Crippen LogP contribution in [0.1, 0.15) is 12.5 Å². The van der Waals surface area contributed by atoms with E-state index in [0.29, 0.717) is 6.54 Å². The Labute approximate surface area is 181 Å². The van der Waals surface area contributed by atoms with Crippen LogP contribution in [0.4, 0.5) is 0 Å². The molecule has 0 bridgehead atoms. The first-order valence-corrected chi connectivity index (χ1v) is 10.3. The molecule has 1 aromatic rings. The molecule has 9 nitrogen and oxygen atoms in total. The van der Waals surface area contributed by atoms with E-state index in [1.807, 2.05) is 37.3 Å². The van der Waals surface area contributed by atoms with Gasteiger partial charge in [0.2, 0.25) is 17.7 Å². The summed E-state index contributed by atoms with van der Waals surface area (Å²) in [7, 11) is 4.13. The molecular weight excluding hydrogens is 402 g/mol. The van der Waals surface area contributed by atoms with Crippen LogP contribution in [0.2, 0.25) is 0 Å². The molecule has 0 spiro atoms. The third-order valence-corrected chi connectivity index (χ3v) is 6.27. The second kappa shape index (κ2) is 9.15. The van der Waals surface area contributed by atoms with E-state index in [4.69, 9.17) is 9.47 Å². The summed E-state index contributed by atoms with van der Waals surface area (Å²) in [6.07, 6.45) is 0.184. The zero-order valence-electron chi connectivity index (χ0n) is 18.3. The summed E-state index contributed by atoms with van der Waals surface area (Å²) in [5.74, 6) is -3.30. The van der Waals surface area contributed by atoms with Crippen molar-refractivity contribution >= 4 is 23.7 Å². The number of imide groups is 1. The van der Waals surface area contributed by atoms with Crippen molar-refractivity contribution in [2.75, 3.05) is 41.0 Å². The molecule has 0 radical (unpaired) electrons. The Kier molecular flexibility index (Phi) is 6.76. The van der Waals surface area contributed by atoms with Gasteiger partial charge in [-0.1, -0.05) is 30.3 Å². The number of methoxy groups -OCH3 is 2. The normalized spacial score (nSPS) is 27.4. The van der Waals surface area contributed by atoms with Crippen LogP contribution in [0.3, 0.4) is 0 Å². The fourth-order valence-electron chi connectivity index (χ4n) is 4.81. The van der Waals surface area contributed by atoms with E-state index < -0.39 is 35.3 Å². The predicted octanol–water partition coefficient (Wildman–Crippen LogP) is -0.161. The first-order chi connectivity index (χ1) is 14.8. The molecule has 9 heteroatoms. The zero-order valence-corrected chi connectivity index (χ0v) is 18.3. The Bertz CT molecular complexity index is 860. The summed E-state index contributed by atoms with van der Waals surface area (Å²) in [4.78, 5) is 54.3. The highest BCUT2D eigenvalue weighted by Gasteiger charge is 2.68. The summed E-state index contributed by atoms with van der Waals surface area (Å²) in [6, 6.07) is 8.69. The summed E-state index contributed by atoms with van der Waals surface area (Å²) < 4.78 is 10.1. The predicted molar refractivity (Wildman–Crippen MR) is 111 cm³/mol. The highest BCUT2D eigenvalue weighted by molar-refractivity contribution is 6.09. The molecule has 2 aliphatic rings. The number of nitrogens with zero attached hydrogens (tertiary/aromatic N) is 2. The number of likely N-dealkylation sites (N-methyl/N-ethyl adjacent to an activating group) is 1. The number of ether oxygens (including phenoxy) is 2. The van der Waals surface area contributed by atoms with Gasteiger partial charge in [0.25, 0.3) is 0 Å². The summed E-state index contributed by atoms with van der Waals surface area (Å²) in [5.41, 5.74) is -0.579. The van der Waals surface area contributed by atoms with Gasteiger partial charge in [0, 0.05) is 39.7 Å². The molecule has 2 aliphatic heterocycles. The molecule has 0 aromatic heterocycles. The van der Waals surface area contributed by atoms with E-state index >= 15 is 0 Å². The number of benzene rings is 1. The first-order valence-electron chi connectivity index (χ1n) is 10.3. The van der Waals surface area contributed by atoms with Gasteiger partial charge < -0.3 is 14.4 Å². The Hall–Kier alpha value is -2.78. The van der Waals surface area contributed by atoms with Crippen LogP contribution >= 0.6 is 0 Å². The van der Waals surface area contributed by atoms with Crippen LogP contribution in [0.15, 0.2) is 30.3 Å². The fraction of sp³-hybridized carbons (Fsp3) is 0.545. The molecule has 31 heavy (non-hydrogen) atoms. The molecule has 168 valence electrons. The largest absolute Gasteiger partial charge is 0.468 e. The van der Waals surface area contributed by atoms with Crippen molar-refractivity contribution < 1.29 is 28.7 Å². The highest BCUT2D eigenvalue weighted by Crippen LogP contribution is 2.44. The second-order valence-corrected chi connectivity index (χ2v) is 7.98. The molecule has 0 saturated carbocycles. The minimum atomic E-state index is -1.41. The summed E-state index contributed by atoms with van der Waals surface area (Å²) in [6.45, 7) is 2.30. The number of hydrogen-bond donors (Lipinski definition) is 1. The molecule has 0 unspecified atom stereocenters. The number of hydrogen-bond acceptors (Lipinski definition) is 7. The number of carbonyl (C=O) groups excluding carboxylic acids is 4. The third kappa shape index (κ3) is 3.95. The standard InChI is InChI=1S/C22H29N3O6/c1-5-25(16(26)13-30-3)12-15-17-18(20(28)24(2)19(17)27)22(23-15,21(29)31-4)11-14-9-7-6-8-10-14/h6-10,15,17-18,23H,5,11-13H2,1-4H3/t15-,17+,18-,22-/m1/s1. The van der Waals surface area contributed by atoms with Crippen molar-refractivity contribution in [1.82, 2.24) is 15.1 Å². The van der Waals surface area contributed by atoms with E-state index in [-0.39, 0.29) is 31.4 Å². The third-order valence-electron chi connectivity index (χ3n) is 6.27. The van der Waals surface area contributed by atoms with E-state index in [1.54, 1.807) is 4.90 Å². The molecule has 2 fully saturated rings. The number of likely N-dealkylation sites (tertiary alicyclic amines) is 1. The first kappa shape index (κ1) is 22.9. The van der Waals surface area contributed by atoms with Crippen molar-refractivity contribution in [2.24, 2.45) is 11.8 Å². The number of nitrogens with one attached hydrogen (secondary N) is 1. The quantitative estimate of drug-likeness (QED) is 0.450. The number of fused-ring (bicyclic) bond motifs is 1. The number of amides is 3. The Morgan fingerprint density at radius 2 is 1.84 bits per heavy atom. The van der Waals surface area contributed by atoms with E-state index in [0.717, 1.165) is 10.5 Å². The lowest BCUT2D eigenvalue weighted by Crippen LogP contribution is -2.59. The van der Waals surface area contributed by atoms with Crippen molar-refractivity contribution in [3.63, 3.8) is 0 Å². The van der Waals surface area contributed by atoms with E-state index in [9.17, 15) is 19.2 Å². The lowest BCUT2D eigenvalue weighted by molar-refractivity contribution is -0.153. The van der Waals surface area contributed by atoms with Gasteiger partial charge in [0.15, 0.2) is 0 Å². The summed E-state index contributed by atoms with van der Waals surface area (Å²) >= 11 is 0. The molecule has 1 aromatic carbocycles. The number of rotatable bonds is 8. The van der Waals surface area contributed by atoms with Gasteiger partial charge in [0.1, 0.15) is 12.1 Å². The van der Waals surface area contributed by atoms with Crippen molar-refractivity contribution in [3.05, 3.63) is 35.9 Å². The van der Waals surface area contributed by atoms with E-state index in [1.165, 1.54) is 21.3 Å². The zero-order chi connectivity index (χ0) is 22.8. The van der Waals surface area contributed by atoms with Gasteiger partial charge in [-0.05, 0) is 12.5 Å². The minimum absolute atomic E-state index is 0.0897. The van der Waals surface area contributed by atoms with Crippen molar-refractivity contribution in [3.8, 4) is 0 Å². The maximum atomic E-state index is 13.1. The van der Waals surface area contributed by atoms with Crippen LogP contribution in [0, 0.1) is 11.8 Å². The van der Waals surface area contributed by atoms with Crippen molar-refractivity contribution in [1.29, 1.82) is 0 Å². The minimum Gasteiger partial charge on any atom is -0.468 e. The average Bonchev–Trinajstić information content (AvgIpc) is 3.21. The maximum absolute atomic E-state index is 13.1. The molecule has 0 aliphatic carbocycles. The average molecular weight is 431 g/mol. The number of carbonyl (C=O) groups is 4. The van der Waals surface area contributed by atoms with Crippen molar-refractivity contribution in [2.45, 2.75) is 24.9 Å². The maximum Gasteiger partial charge on any atom is 0.327 e. The fourth-order valence-corrected chi connectivity index (χ4v) is 4.81. The Balaban J connectivity index is 2.03. The highest BCUT2D eigenvalue weighted by atomic mass is 16.5. The van der Waals surface area contributed by atoms with Gasteiger partial charge in [-0.2, -0.15) is 0 Å². The van der Waals surface area contributed by atoms with Gasteiger partial charge in [-0.3, -0.25) is 29.4 Å². The van der Waals surface area contributed by atoms with Crippen LogP contribution in [0.5, 0.6) is 0 Å². The monoisotopic (exact) mass is 431 g/mol. The molecule has 2 saturated heterocycles. The van der Waals surface area contributed by atoms with Gasteiger partial charge >= 0.3 is 5.97 Å². The Morgan fingerprint density at radius 1 is 1.16 bits per heavy atom.